The molecule has 0 saturated heterocycles. The minimum Gasteiger partial charge on any atom is -0.319 e. The van der Waals surface area contributed by atoms with Gasteiger partial charge < -0.3 is 9.88 Å². The van der Waals surface area contributed by atoms with Gasteiger partial charge >= 0.3 is 0 Å². The van der Waals surface area contributed by atoms with Crippen LogP contribution >= 0.6 is 0 Å². The van der Waals surface area contributed by atoms with Gasteiger partial charge in [-0.25, -0.2) is 0 Å². The summed E-state index contributed by atoms with van der Waals surface area (Å²) < 4.78 is 2.17. The Balaban J connectivity index is 1.65. The van der Waals surface area contributed by atoms with Crippen LogP contribution in [0.15, 0.2) is 6.33 Å². The number of nitrogens with one attached hydrogen (secondary N) is 1. The molecule has 0 bridgehead atoms. The molecule has 2 heterocycles. The standard InChI is InChI=1S/C11H19N5/c1-12-6-9-2-3-10(9)15-4-5-16-8-13-14-11(16)7-15/h8-10,12H,2-7H2,1H3. The van der Waals surface area contributed by atoms with Crippen molar-refractivity contribution in [3.63, 3.8) is 0 Å². The summed E-state index contributed by atoms with van der Waals surface area (Å²) in [5.74, 6) is 1.96. The van der Waals surface area contributed by atoms with E-state index in [0.29, 0.717) is 0 Å². The summed E-state index contributed by atoms with van der Waals surface area (Å²) in [4.78, 5) is 2.58. The molecule has 1 saturated carbocycles. The first-order chi connectivity index (χ1) is 7.88. The molecule has 16 heavy (non-hydrogen) atoms. The summed E-state index contributed by atoms with van der Waals surface area (Å²) in [6.07, 6.45) is 4.56. The lowest BCUT2D eigenvalue weighted by Gasteiger charge is -2.45. The van der Waals surface area contributed by atoms with E-state index in [1.54, 1.807) is 0 Å². The topological polar surface area (TPSA) is 46.0 Å². The van der Waals surface area contributed by atoms with Crippen molar-refractivity contribution >= 4 is 0 Å². The van der Waals surface area contributed by atoms with E-state index in [-0.39, 0.29) is 0 Å². The summed E-state index contributed by atoms with van der Waals surface area (Å²) >= 11 is 0. The fraction of sp³-hybridized carbons (Fsp3) is 0.818. The van der Waals surface area contributed by atoms with Crippen LogP contribution in [0.5, 0.6) is 0 Å². The molecule has 1 aromatic heterocycles. The molecule has 1 fully saturated rings. The molecule has 5 heteroatoms. The number of fused-ring (bicyclic) bond motifs is 1. The first kappa shape index (κ1) is 10.2. The molecule has 0 aromatic carbocycles. The van der Waals surface area contributed by atoms with E-state index in [4.69, 9.17) is 0 Å². The Hall–Kier alpha value is -0.940. The van der Waals surface area contributed by atoms with Crippen LogP contribution in [-0.2, 0) is 13.1 Å². The average molecular weight is 221 g/mol. The summed E-state index contributed by atoms with van der Waals surface area (Å²) in [7, 11) is 2.04. The van der Waals surface area contributed by atoms with Gasteiger partial charge in [0, 0.05) is 19.1 Å². The van der Waals surface area contributed by atoms with Crippen molar-refractivity contribution in [2.75, 3.05) is 20.1 Å². The monoisotopic (exact) mass is 221 g/mol. The Kier molecular flexibility index (Phi) is 2.65. The van der Waals surface area contributed by atoms with Gasteiger partial charge in [-0.2, -0.15) is 0 Å². The second-order valence-corrected chi connectivity index (χ2v) is 4.87. The lowest BCUT2D eigenvalue weighted by Crippen LogP contribution is -2.52. The predicted molar refractivity (Wildman–Crippen MR) is 60.9 cm³/mol. The normalized spacial score (nSPS) is 29.8. The Morgan fingerprint density at radius 3 is 3.12 bits per heavy atom. The summed E-state index contributed by atoms with van der Waals surface area (Å²) in [6.45, 7) is 4.32. The molecule has 88 valence electrons. The van der Waals surface area contributed by atoms with Gasteiger partial charge in [-0.05, 0) is 32.4 Å². The Morgan fingerprint density at radius 1 is 1.44 bits per heavy atom. The molecule has 2 unspecified atom stereocenters. The first-order valence-corrected chi connectivity index (χ1v) is 6.14. The third kappa shape index (κ3) is 1.64. The zero-order valence-corrected chi connectivity index (χ0v) is 9.76. The lowest BCUT2D eigenvalue weighted by molar-refractivity contribution is 0.0405. The van der Waals surface area contributed by atoms with E-state index in [1.807, 2.05) is 13.4 Å². The number of aromatic nitrogens is 3. The van der Waals surface area contributed by atoms with Gasteiger partial charge in [0.1, 0.15) is 12.2 Å². The Labute approximate surface area is 95.8 Å². The number of hydrogen-bond acceptors (Lipinski definition) is 4. The van der Waals surface area contributed by atoms with E-state index < -0.39 is 0 Å². The molecule has 0 amide bonds. The maximum Gasteiger partial charge on any atom is 0.147 e. The fourth-order valence-electron chi connectivity index (χ4n) is 2.90. The van der Waals surface area contributed by atoms with Crippen LogP contribution in [0.4, 0.5) is 0 Å². The SMILES string of the molecule is CNCC1CCC1N1CCn2cnnc2C1. The maximum atomic E-state index is 4.17. The fourth-order valence-corrected chi connectivity index (χ4v) is 2.90. The highest BCUT2D eigenvalue weighted by molar-refractivity contribution is 4.96. The van der Waals surface area contributed by atoms with Crippen molar-refractivity contribution in [1.29, 1.82) is 0 Å². The van der Waals surface area contributed by atoms with Crippen LogP contribution in [0, 0.1) is 5.92 Å². The molecule has 2 atom stereocenters. The molecule has 1 aliphatic heterocycles. The number of hydrogen-bond donors (Lipinski definition) is 1. The van der Waals surface area contributed by atoms with Gasteiger partial charge in [0.25, 0.3) is 0 Å². The largest absolute Gasteiger partial charge is 0.319 e. The minimum absolute atomic E-state index is 0.762. The number of rotatable bonds is 3. The molecule has 1 N–H and O–H groups in total. The van der Waals surface area contributed by atoms with Gasteiger partial charge in [-0.1, -0.05) is 0 Å². The van der Waals surface area contributed by atoms with E-state index in [1.165, 1.54) is 12.8 Å². The highest BCUT2D eigenvalue weighted by Crippen LogP contribution is 2.33. The average Bonchev–Trinajstić information content (AvgIpc) is 2.71. The van der Waals surface area contributed by atoms with E-state index in [0.717, 1.165) is 44.0 Å². The zero-order chi connectivity index (χ0) is 11.0. The molecule has 5 nitrogen and oxygen atoms in total. The second-order valence-electron chi connectivity index (χ2n) is 4.87. The smallest absolute Gasteiger partial charge is 0.147 e. The second kappa shape index (κ2) is 4.14. The van der Waals surface area contributed by atoms with Gasteiger partial charge in [-0.15, -0.1) is 10.2 Å². The summed E-state index contributed by atoms with van der Waals surface area (Å²) in [5.41, 5.74) is 0. The van der Waals surface area contributed by atoms with E-state index in [2.05, 4.69) is 25.0 Å². The molecule has 3 rings (SSSR count). The third-order valence-electron chi connectivity index (χ3n) is 3.98. The van der Waals surface area contributed by atoms with Crippen molar-refractivity contribution in [3.8, 4) is 0 Å². The van der Waals surface area contributed by atoms with Crippen molar-refractivity contribution in [1.82, 2.24) is 25.0 Å². The first-order valence-electron chi connectivity index (χ1n) is 6.14. The van der Waals surface area contributed by atoms with Crippen molar-refractivity contribution < 1.29 is 0 Å². The predicted octanol–water partition coefficient (Wildman–Crippen LogP) is 0.0917. The molecular weight excluding hydrogens is 202 g/mol. The summed E-state index contributed by atoms with van der Waals surface area (Å²) in [5, 5.41) is 11.4. The van der Waals surface area contributed by atoms with Crippen LogP contribution < -0.4 is 5.32 Å². The van der Waals surface area contributed by atoms with Gasteiger partial charge in [-0.3, -0.25) is 4.90 Å². The molecule has 0 radical (unpaired) electrons. The van der Waals surface area contributed by atoms with Gasteiger partial charge in [0.15, 0.2) is 0 Å². The quantitative estimate of drug-likeness (QED) is 0.786. The highest BCUT2D eigenvalue weighted by atomic mass is 15.3. The van der Waals surface area contributed by atoms with Crippen LogP contribution in [0.1, 0.15) is 18.7 Å². The van der Waals surface area contributed by atoms with E-state index >= 15 is 0 Å². The Bertz CT molecular complexity index is 361. The van der Waals surface area contributed by atoms with Crippen molar-refractivity contribution in [2.45, 2.75) is 32.0 Å². The van der Waals surface area contributed by atoms with Crippen LogP contribution in [-0.4, -0.2) is 45.8 Å². The van der Waals surface area contributed by atoms with Crippen LogP contribution in [0.3, 0.4) is 0 Å². The molecule has 1 aromatic rings. The zero-order valence-electron chi connectivity index (χ0n) is 9.76. The highest BCUT2D eigenvalue weighted by Gasteiger charge is 2.36. The summed E-state index contributed by atoms with van der Waals surface area (Å²) in [6, 6.07) is 0.762. The van der Waals surface area contributed by atoms with Crippen molar-refractivity contribution in [2.24, 2.45) is 5.92 Å². The van der Waals surface area contributed by atoms with Crippen molar-refractivity contribution in [3.05, 3.63) is 12.2 Å². The van der Waals surface area contributed by atoms with Crippen LogP contribution in [0.2, 0.25) is 0 Å². The molecule has 2 aliphatic rings. The molecule has 0 spiro atoms. The van der Waals surface area contributed by atoms with Gasteiger partial charge in [0.05, 0.1) is 6.54 Å². The van der Waals surface area contributed by atoms with Gasteiger partial charge in [0.2, 0.25) is 0 Å². The van der Waals surface area contributed by atoms with E-state index in [9.17, 15) is 0 Å². The van der Waals surface area contributed by atoms with Crippen LogP contribution in [0.25, 0.3) is 0 Å². The molecule has 1 aliphatic carbocycles. The minimum atomic E-state index is 0.762. The maximum absolute atomic E-state index is 4.17. The molecular formula is C11H19N5. The third-order valence-corrected chi connectivity index (χ3v) is 3.98. The Morgan fingerprint density at radius 2 is 2.38 bits per heavy atom. The number of nitrogens with zero attached hydrogens (tertiary/aromatic N) is 4. The lowest BCUT2D eigenvalue weighted by atomic mass is 9.78.